The number of carbonyl (C=O) groups excluding carboxylic acids is 1. The molecule has 1 saturated heterocycles. The van der Waals surface area contributed by atoms with Crippen LogP contribution in [0.3, 0.4) is 0 Å². The van der Waals surface area contributed by atoms with Crippen LogP contribution in [0, 0.1) is 11.8 Å². The third-order valence-corrected chi connectivity index (χ3v) is 4.90. The number of phenols is 1. The molecule has 0 spiro atoms. The lowest BCUT2D eigenvalue weighted by molar-refractivity contribution is -0.141. The predicted molar refractivity (Wildman–Crippen MR) is 89.9 cm³/mol. The second-order valence-electron chi connectivity index (χ2n) is 5.82. The van der Waals surface area contributed by atoms with Gasteiger partial charge in [0, 0.05) is 5.92 Å². The summed E-state index contributed by atoms with van der Waals surface area (Å²) in [5.74, 6) is -0.0802. The van der Waals surface area contributed by atoms with Crippen molar-refractivity contribution < 1.29 is 14.6 Å². The van der Waals surface area contributed by atoms with Gasteiger partial charge in [-0.15, -0.1) is 0 Å². The van der Waals surface area contributed by atoms with Gasteiger partial charge in [-0.25, -0.2) is 0 Å². The van der Waals surface area contributed by atoms with Gasteiger partial charge in [0.25, 0.3) is 0 Å². The largest absolute Gasteiger partial charge is 0.508 e. The third kappa shape index (κ3) is 3.80. The van der Waals surface area contributed by atoms with E-state index in [1.807, 2.05) is 12.1 Å². The van der Waals surface area contributed by atoms with Crippen molar-refractivity contribution >= 4 is 29.2 Å². The highest BCUT2D eigenvalue weighted by molar-refractivity contribution is 6.42. The minimum atomic E-state index is -0.213. The average Bonchev–Trinajstić information content (AvgIpc) is 2.84. The number of ether oxygens (including phenoxy) is 1. The summed E-state index contributed by atoms with van der Waals surface area (Å²) in [4.78, 5) is 12.1. The highest BCUT2D eigenvalue weighted by Gasteiger charge is 2.36. The van der Waals surface area contributed by atoms with Gasteiger partial charge in [0.15, 0.2) is 0 Å². The minimum absolute atomic E-state index is 0.0822. The zero-order valence-electron chi connectivity index (χ0n) is 12.3. The molecule has 1 fully saturated rings. The minimum Gasteiger partial charge on any atom is -0.508 e. The topological polar surface area (TPSA) is 46.5 Å². The molecule has 3 rings (SSSR count). The van der Waals surface area contributed by atoms with Gasteiger partial charge in [-0.3, -0.25) is 4.79 Å². The van der Waals surface area contributed by atoms with E-state index in [0.717, 1.165) is 11.1 Å². The third-order valence-electron chi connectivity index (χ3n) is 4.16. The normalized spacial score (nSPS) is 20.5. The van der Waals surface area contributed by atoms with E-state index in [1.165, 1.54) is 0 Å². The molecule has 2 atom stereocenters. The first-order chi connectivity index (χ1) is 11.0. The summed E-state index contributed by atoms with van der Waals surface area (Å²) >= 11 is 12.0. The monoisotopic (exact) mass is 350 g/mol. The van der Waals surface area contributed by atoms with Gasteiger partial charge in [-0.05, 0) is 48.2 Å². The van der Waals surface area contributed by atoms with E-state index in [2.05, 4.69) is 0 Å². The number of benzene rings is 2. The number of esters is 1. The van der Waals surface area contributed by atoms with Crippen molar-refractivity contribution in [1.82, 2.24) is 0 Å². The van der Waals surface area contributed by atoms with Crippen molar-refractivity contribution in [3.8, 4) is 5.75 Å². The van der Waals surface area contributed by atoms with Crippen molar-refractivity contribution in [3.05, 3.63) is 63.6 Å². The lowest BCUT2D eigenvalue weighted by atomic mass is 9.85. The fraction of sp³-hybridized carbons (Fsp3) is 0.278. The van der Waals surface area contributed by atoms with Gasteiger partial charge >= 0.3 is 5.97 Å². The number of aromatic hydroxyl groups is 1. The summed E-state index contributed by atoms with van der Waals surface area (Å²) in [5.41, 5.74) is 1.96. The number of hydrogen-bond acceptors (Lipinski definition) is 3. The Morgan fingerprint density at radius 3 is 2.57 bits per heavy atom. The molecule has 0 aromatic heterocycles. The summed E-state index contributed by atoms with van der Waals surface area (Å²) < 4.78 is 5.25. The number of carbonyl (C=O) groups is 1. The van der Waals surface area contributed by atoms with E-state index in [1.54, 1.807) is 30.3 Å². The average molecular weight is 351 g/mol. The summed E-state index contributed by atoms with van der Waals surface area (Å²) in [6.07, 6.45) is 1.26. The first-order valence-electron chi connectivity index (χ1n) is 7.41. The Morgan fingerprint density at radius 1 is 1.04 bits per heavy atom. The summed E-state index contributed by atoms with van der Waals surface area (Å²) in [7, 11) is 0. The molecule has 3 nitrogen and oxygen atoms in total. The van der Waals surface area contributed by atoms with E-state index in [4.69, 9.17) is 27.9 Å². The van der Waals surface area contributed by atoms with Crippen LogP contribution in [-0.2, 0) is 22.4 Å². The molecule has 0 aliphatic carbocycles. The summed E-state index contributed by atoms with van der Waals surface area (Å²) in [6, 6.07) is 12.5. The van der Waals surface area contributed by atoms with Crippen molar-refractivity contribution in [3.63, 3.8) is 0 Å². The number of phenolic OH excluding ortho intramolecular Hbond substituents is 1. The van der Waals surface area contributed by atoms with Crippen molar-refractivity contribution in [2.45, 2.75) is 12.8 Å². The smallest absolute Gasteiger partial charge is 0.309 e. The van der Waals surface area contributed by atoms with E-state index in [0.29, 0.717) is 29.5 Å². The molecule has 0 saturated carbocycles. The van der Waals surface area contributed by atoms with Gasteiger partial charge in [0.05, 0.1) is 22.6 Å². The Hall–Kier alpha value is -1.71. The van der Waals surface area contributed by atoms with Crippen LogP contribution in [-0.4, -0.2) is 17.7 Å². The molecule has 1 N–H and O–H groups in total. The standard InChI is InChI=1S/C18H16Cl2O3/c19-16-5-4-12(9-17(16)20)8-15-13(10-23-18(15)22)6-11-2-1-3-14(21)7-11/h1-5,7,9,13,15,21H,6,8,10H2/t13-,15+/m0/s1. The van der Waals surface area contributed by atoms with Gasteiger partial charge in [0.2, 0.25) is 0 Å². The fourth-order valence-corrected chi connectivity index (χ4v) is 3.28. The van der Waals surface area contributed by atoms with Crippen molar-refractivity contribution in [2.75, 3.05) is 6.61 Å². The molecule has 0 unspecified atom stereocenters. The molecule has 2 aromatic carbocycles. The van der Waals surface area contributed by atoms with Crippen LogP contribution in [0.1, 0.15) is 11.1 Å². The van der Waals surface area contributed by atoms with Crippen molar-refractivity contribution in [1.29, 1.82) is 0 Å². The molecule has 1 aliphatic rings. The Kier molecular flexibility index (Phi) is 4.79. The molecule has 1 heterocycles. The second kappa shape index (κ2) is 6.81. The second-order valence-corrected chi connectivity index (χ2v) is 6.64. The van der Waals surface area contributed by atoms with Crippen LogP contribution in [0.25, 0.3) is 0 Å². The molecular formula is C18H16Cl2O3. The number of halogens is 2. The molecule has 5 heteroatoms. The van der Waals surface area contributed by atoms with Crippen LogP contribution < -0.4 is 0 Å². The molecule has 1 aliphatic heterocycles. The highest BCUT2D eigenvalue weighted by Crippen LogP contribution is 2.31. The molecule has 0 amide bonds. The number of hydrogen-bond donors (Lipinski definition) is 1. The Morgan fingerprint density at radius 2 is 1.83 bits per heavy atom. The SMILES string of the molecule is O=C1OC[C@H](Cc2cccc(O)c2)[C@H]1Cc1ccc(Cl)c(Cl)c1. The molecule has 0 radical (unpaired) electrons. The first kappa shape index (κ1) is 16.2. The maximum atomic E-state index is 12.1. The molecular weight excluding hydrogens is 335 g/mol. The lowest BCUT2D eigenvalue weighted by Crippen LogP contribution is -2.20. The first-order valence-corrected chi connectivity index (χ1v) is 8.17. The van der Waals surface area contributed by atoms with Crippen LogP contribution in [0.2, 0.25) is 10.0 Å². The van der Waals surface area contributed by atoms with E-state index >= 15 is 0 Å². The Bertz CT molecular complexity index is 730. The molecule has 120 valence electrons. The van der Waals surface area contributed by atoms with E-state index in [-0.39, 0.29) is 23.6 Å². The van der Waals surface area contributed by atoms with E-state index < -0.39 is 0 Å². The Balaban J connectivity index is 1.75. The zero-order chi connectivity index (χ0) is 16.4. The maximum Gasteiger partial charge on any atom is 0.309 e. The molecule has 2 aromatic rings. The number of cyclic esters (lactones) is 1. The maximum absolute atomic E-state index is 12.1. The summed E-state index contributed by atoms with van der Waals surface area (Å²) in [6.45, 7) is 0.403. The van der Waals surface area contributed by atoms with Gasteiger partial charge in [-0.2, -0.15) is 0 Å². The molecule has 23 heavy (non-hydrogen) atoms. The van der Waals surface area contributed by atoms with Crippen LogP contribution in [0.4, 0.5) is 0 Å². The highest BCUT2D eigenvalue weighted by atomic mass is 35.5. The predicted octanol–water partition coefficient (Wildman–Crippen LogP) is 4.27. The van der Waals surface area contributed by atoms with Gasteiger partial charge in [0.1, 0.15) is 5.75 Å². The molecule has 0 bridgehead atoms. The van der Waals surface area contributed by atoms with Gasteiger partial charge in [-0.1, -0.05) is 41.4 Å². The van der Waals surface area contributed by atoms with E-state index in [9.17, 15) is 9.90 Å². The van der Waals surface area contributed by atoms with Crippen LogP contribution in [0.15, 0.2) is 42.5 Å². The zero-order valence-corrected chi connectivity index (χ0v) is 13.8. The fourth-order valence-electron chi connectivity index (χ4n) is 2.96. The lowest BCUT2D eigenvalue weighted by Gasteiger charge is -2.16. The van der Waals surface area contributed by atoms with Crippen LogP contribution >= 0.6 is 23.2 Å². The van der Waals surface area contributed by atoms with Crippen molar-refractivity contribution in [2.24, 2.45) is 11.8 Å². The Labute approximate surface area is 144 Å². The summed E-state index contributed by atoms with van der Waals surface area (Å²) in [5, 5.41) is 10.6. The van der Waals surface area contributed by atoms with Gasteiger partial charge < -0.3 is 9.84 Å². The van der Waals surface area contributed by atoms with Crippen LogP contribution in [0.5, 0.6) is 5.75 Å². The number of rotatable bonds is 4. The quantitative estimate of drug-likeness (QED) is 0.837.